The molecule has 7 nitrogen and oxygen atoms in total. The molecule has 0 bridgehead atoms. The Morgan fingerprint density at radius 2 is 1.79 bits per heavy atom. The van der Waals surface area contributed by atoms with Crippen LogP contribution in [0.25, 0.3) is 0 Å². The lowest BCUT2D eigenvalue weighted by atomic mass is 9.84. The second-order valence-electron chi connectivity index (χ2n) is 5.78. The summed E-state index contributed by atoms with van der Waals surface area (Å²) < 4.78 is 9.90. The van der Waals surface area contributed by atoms with Crippen LogP contribution in [-0.4, -0.2) is 26.2 Å². The van der Waals surface area contributed by atoms with E-state index in [1.165, 1.54) is 30.5 Å². The van der Waals surface area contributed by atoms with Crippen LogP contribution < -0.4 is 10.6 Å². The van der Waals surface area contributed by atoms with Crippen molar-refractivity contribution in [3.63, 3.8) is 0 Å². The van der Waals surface area contributed by atoms with Crippen LogP contribution in [-0.2, 0) is 19.1 Å². The number of para-hydroxylation sites is 1. The monoisotopic (exact) mass is 395 g/mol. The lowest BCUT2D eigenvalue weighted by Gasteiger charge is -2.35. The van der Waals surface area contributed by atoms with Crippen LogP contribution in [0.1, 0.15) is 10.8 Å². The molecule has 142 valence electrons. The fourth-order valence-corrected chi connectivity index (χ4v) is 3.96. The second-order valence-corrected chi connectivity index (χ2v) is 6.75. The number of benzene rings is 1. The molecule has 0 aliphatic carbocycles. The molecule has 0 radical (unpaired) electrons. The summed E-state index contributed by atoms with van der Waals surface area (Å²) in [5, 5.41) is 11.7. The maximum Gasteiger partial charge on any atom is 0.355 e. The fraction of sp³-hybridized carbons (Fsp3) is 0.150. The Bertz CT molecular complexity index is 1000. The van der Waals surface area contributed by atoms with Crippen molar-refractivity contribution in [1.82, 2.24) is 0 Å². The van der Waals surface area contributed by atoms with E-state index in [4.69, 9.17) is 15.2 Å². The Kier molecular flexibility index (Phi) is 5.47. The van der Waals surface area contributed by atoms with E-state index < -0.39 is 17.9 Å². The molecule has 1 aromatic carbocycles. The molecular weight excluding hydrogens is 378 g/mol. The van der Waals surface area contributed by atoms with Crippen LogP contribution in [0.2, 0.25) is 0 Å². The Morgan fingerprint density at radius 1 is 1.11 bits per heavy atom. The zero-order chi connectivity index (χ0) is 20.3. The van der Waals surface area contributed by atoms with Gasteiger partial charge in [0.25, 0.3) is 0 Å². The molecule has 0 unspecified atom stereocenters. The van der Waals surface area contributed by atoms with Crippen molar-refractivity contribution in [2.75, 3.05) is 19.1 Å². The highest BCUT2D eigenvalue weighted by Gasteiger charge is 2.43. The molecule has 1 atom stereocenters. The third-order valence-electron chi connectivity index (χ3n) is 4.32. The number of anilines is 1. The van der Waals surface area contributed by atoms with Crippen molar-refractivity contribution in [3.8, 4) is 6.07 Å². The summed E-state index contributed by atoms with van der Waals surface area (Å²) in [6.07, 6.45) is 0. The number of hydrogen-bond acceptors (Lipinski definition) is 8. The van der Waals surface area contributed by atoms with Gasteiger partial charge in [-0.25, -0.2) is 9.59 Å². The standard InChI is InChI=1S/C20H17N3O4S/c1-26-19(24)16-15(14-9-6-10-28-14)13(11-21)18(22)23(17(16)20(25)27-2)12-7-4-3-5-8-12/h3-10,15H,22H2,1-2H3/t15-/m1/s1. The molecule has 0 amide bonds. The molecular formula is C20H17N3O4S. The maximum atomic E-state index is 12.8. The highest BCUT2D eigenvalue weighted by Crippen LogP contribution is 2.44. The van der Waals surface area contributed by atoms with E-state index in [1.54, 1.807) is 42.5 Å². The first kappa shape index (κ1) is 19.2. The van der Waals surface area contributed by atoms with Gasteiger partial charge in [0.15, 0.2) is 0 Å². The van der Waals surface area contributed by atoms with Crippen molar-refractivity contribution >= 4 is 29.0 Å². The van der Waals surface area contributed by atoms with Crippen molar-refractivity contribution in [2.24, 2.45) is 5.73 Å². The molecule has 0 saturated heterocycles. The lowest BCUT2D eigenvalue weighted by Crippen LogP contribution is -2.40. The SMILES string of the molecule is COC(=O)C1=C(C(=O)OC)N(c2ccccc2)C(N)=C(C#N)[C@@H]1c1cccs1. The minimum atomic E-state index is -0.827. The van der Waals surface area contributed by atoms with Crippen LogP contribution in [0, 0.1) is 11.3 Å². The van der Waals surface area contributed by atoms with Crippen LogP contribution >= 0.6 is 11.3 Å². The van der Waals surface area contributed by atoms with E-state index in [0.29, 0.717) is 10.6 Å². The van der Waals surface area contributed by atoms with Gasteiger partial charge in [0.2, 0.25) is 0 Å². The van der Waals surface area contributed by atoms with Crippen LogP contribution in [0.5, 0.6) is 0 Å². The number of carbonyl (C=O) groups excluding carboxylic acids is 2. The molecule has 0 spiro atoms. The predicted octanol–water partition coefficient (Wildman–Crippen LogP) is 2.65. The van der Waals surface area contributed by atoms with Gasteiger partial charge in [-0.3, -0.25) is 4.90 Å². The number of nitriles is 1. The predicted molar refractivity (Wildman–Crippen MR) is 104 cm³/mol. The summed E-state index contributed by atoms with van der Waals surface area (Å²) in [5.41, 5.74) is 6.94. The van der Waals surface area contributed by atoms with Gasteiger partial charge in [-0.1, -0.05) is 24.3 Å². The van der Waals surface area contributed by atoms with Gasteiger partial charge in [-0.05, 0) is 23.6 Å². The number of nitrogens with two attached hydrogens (primary N) is 1. The first-order valence-electron chi connectivity index (χ1n) is 8.24. The number of nitrogens with zero attached hydrogens (tertiary/aromatic N) is 2. The minimum Gasteiger partial charge on any atom is -0.466 e. The van der Waals surface area contributed by atoms with Crippen LogP contribution in [0.4, 0.5) is 5.69 Å². The third kappa shape index (κ3) is 3.12. The highest BCUT2D eigenvalue weighted by molar-refractivity contribution is 7.10. The summed E-state index contributed by atoms with van der Waals surface area (Å²) in [4.78, 5) is 27.6. The second kappa shape index (κ2) is 7.98. The smallest absolute Gasteiger partial charge is 0.355 e. The summed E-state index contributed by atoms with van der Waals surface area (Å²) in [6.45, 7) is 0. The maximum absolute atomic E-state index is 12.8. The van der Waals surface area contributed by atoms with Crippen molar-refractivity contribution < 1.29 is 19.1 Å². The average Bonchev–Trinajstić information content (AvgIpc) is 3.26. The average molecular weight is 395 g/mol. The molecule has 2 heterocycles. The number of hydrogen-bond donors (Lipinski definition) is 1. The van der Waals surface area contributed by atoms with E-state index in [0.717, 1.165) is 0 Å². The Morgan fingerprint density at radius 3 is 2.32 bits per heavy atom. The minimum absolute atomic E-state index is 0.00593. The molecule has 0 saturated carbocycles. The summed E-state index contributed by atoms with van der Waals surface area (Å²) in [7, 11) is 2.43. The lowest BCUT2D eigenvalue weighted by molar-refractivity contribution is -0.139. The number of ether oxygens (including phenoxy) is 2. The molecule has 2 aromatic rings. The fourth-order valence-electron chi connectivity index (χ4n) is 3.12. The van der Waals surface area contributed by atoms with E-state index in [-0.39, 0.29) is 22.7 Å². The van der Waals surface area contributed by atoms with E-state index in [9.17, 15) is 14.9 Å². The van der Waals surface area contributed by atoms with Gasteiger partial charge in [-0.2, -0.15) is 5.26 Å². The van der Waals surface area contributed by atoms with E-state index in [2.05, 4.69) is 6.07 Å². The number of allylic oxidation sites excluding steroid dienone is 1. The van der Waals surface area contributed by atoms with Crippen molar-refractivity contribution in [3.05, 3.63) is 75.4 Å². The zero-order valence-corrected chi connectivity index (χ0v) is 16.0. The van der Waals surface area contributed by atoms with Crippen molar-refractivity contribution in [1.29, 1.82) is 5.26 Å². The van der Waals surface area contributed by atoms with Crippen molar-refractivity contribution in [2.45, 2.75) is 5.92 Å². The molecule has 28 heavy (non-hydrogen) atoms. The Labute approximate surface area is 165 Å². The van der Waals surface area contributed by atoms with Gasteiger partial charge in [0, 0.05) is 10.6 Å². The Hall–Kier alpha value is -3.57. The summed E-state index contributed by atoms with van der Waals surface area (Å²) >= 11 is 1.35. The van der Waals surface area contributed by atoms with E-state index in [1.807, 2.05) is 5.38 Å². The number of carbonyl (C=O) groups is 2. The molecule has 1 aromatic heterocycles. The van der Waals surface area contributed by atoms with Gasteiger partial charge in [0.05, 0.1) is 37.4 Å². The molecule has 1 aliphatic heterocycles. The zero-order valence-electron chi connectivity index (χ0n) is 15.2. The third-order valence-corrected chi connectivity index (χ3v) is 5.26. The van der Waals surface area contributed by atoms with Gasteiger partial charge >= 0.3 is 11.9 Å². The molecule has 0 fully saturated rings. The molecule has 2 N–H and O–H groups in total. The normalized spacial score (nSPS) is 16.6. The van der Waals surface area contributed by atoms with Crippen LogP contribution in [0.15, 0.2) is 70.5 Å². The quantitative estimate of drug-likeness (QED) is 0.793. The summed E-state index contributed by atoms with van der Waals surface area (Å²) in [6, 6.07) is 14.4. The van der Waals surface area contributed by atoms with Gasteiger partial charge < -0.3 is 15.2 Å². The van der Waals surface area contributed by atoms with Crippen LogP contribution in [0.3, 0.4) is 0 Å². The number of rotatable bonds is 4. The van der Waals surface area contributed by atoms with E-state index >= 15 is 0 Å². The first-order chi connectivity index (χ1) is 13.5. The number of methoxy groups -OCH3 is 2. The highest BCUT2D eigenvalue weighted by atomic mass is 32.1. The summed E-state index contributed by atoms with van der Waals surface area (Å²) in [5.74, 6) is -2.27. The number of esters is 2. The Balaban J connectivity index is 2.39. The first-order valence-corrected chi connectivity index (χ1v) is 9.12. The largest absolute Gasteiger partial charge is 0.466 e. The molecule has 1 aliphatic rings. The topological polar surface area (TPSA) is 106 Å². The molecule has 8 heteroatoms. The number of thiophene rings is 1. The molecule has 3 rings (SSSR count). The van der Waals surface area contributed by atoms with Gasteiger partial charge in [0.1, 0.15) is 11.5 Å². The van der Waals surface area contributed by atoms with Gasteiger partial charge in [-0.15, -0.1) is 11.3 Å².